The Balaban J connectivity index is 2.75. The largest absolute Gasteiger partial charge is 0.390 e. The predicted octanol–water partition coefficient (Wildman–Crippen LogP) is 8.43. The summed E-state index contributed by atoms with van der Waals surface area (Å²) in [6.07, 6.45) is 24.4. The summed E-state index contributed by atoms with van der Waals surface area (Å²) in [4.78, 5) is 0. The molecule has 1 rings (SSSR count). The quantitative estimate of drug-likeness (QED) is 0.204. The molecule has 2 N–H and O–H groups in total. The Morgan fingerprint density at radius 2 is 1.20 bits per heavy atom. The number of hydrogen-bond acceptors (Lipinski definition) is 2. The van der Waals surface area contributed by atoms with Gasteiger partial charge < -0.3 is 10.2 Å². The molecular weight excluding hydrogens is 368 g/mol. The van der Waals surface area contributed by atoms with Crippen LogP contribution in [0.2, 0.25) is 0 Å². The van der Waals surface area contributed by atoms with E-state index in [1.54, 1.807) is 0 Å². The van der Waals surface area contributed by atoms with Gasteiger partial charge in [-0.25, -0.2) is 0 Å². The van der Waals surface area contributed by atoms with Crippen LogP contribution >= 0.6 is 0 Å². The lowest BCUT2D eigenvalue weighted by atomic mass is 9.72. The lowest BCUT2D eigenvalue weighted by Crippen LogP contribution is -2.38. The lowest BCUT2D eigenvalue weighted by molar-refractivity contribution is -0.0465. The number of unbranched alkanes of at least 4 members (excludes halogenated alkanes) is 8. The summed E-state index contributed by atoms with van der Waals surface area (Å²) >= 11 is 0. The number of rotatable bonds is 19. The topological polar surface area (TPSA) is 40.5 Å². The van der Waals surface area contributed by atoms with E-state index in [1.807, 2.05) is 0 Å². The van der Waals surface area contributed by atoms with Crippen molar-refractivity contribution in [3.8, 4) is 0 Å². The molecule has 2 nitrogen and oxygen atoms in total. The Hall–Kier alpha value is -0.0800. The van der Waals surface area contributed by atoms with Crippen LogP contribution in [-0.4, -0.2) is 22.4 Å². The van der Waals surface area contributed by atoms with Crippen molar-refractivity contribution in [1.82, 2.24) is 0 Å². The summed E-state index contributed by atoms with van der Waals surface area (Å²) in [5.74, 6) is 1.75. The molecule has 0 bridgehead atoms. The van der Waals surface area contributed by atoms with Gasteiger partial charge in [-0.15, -0.1) is 0 Å². The van der Waals surface area contributed by atoms with E-state index >= 15 is 0 Å². The van der Waals surface area contributed by atoms with Crippen LogP contribution < -0.4 is 0 Å². The monoisotopic (exact) mass is 424 g/mol. The van der Waals surface area contributed by atoms with Crippen molar-refractivity contribution in [2.75, 3.05) is 0 Å². The van der Waals surface area contributed by atoms with E-state index in [0.29, 0.717) is 11.8 Å². The predicted molar refractivity (Wildman–Crippen MR) is 132 cm³/mol. The van der Waals surface area contributed by atoms with Crippen LogP contribution in [0.5, 0.6) is 0 Å². The third-order valence-electron chi connectivity index (χ3n) is 7.70. The van der Waals surface area contributed by atoms with Crippen LogP contribution in [0.1, 0.15) is 149 Å². The van der Waals surface area contributed by atoms with Gasteiger partial charge in [-0.3, -0.25) is 0 Å². The molecule has 0 aliphatic heterocycles. The van der Waals surface area contributed by atoms with E-state index in [-0.39, 0.29) is 0 Å². The second-order valence-corrected chi connectivity index (χ2v) is 10.4. The Kier molecular flexibility index (Phi) is 17.2. The van der Waals surface area contributed by atoms with Gasteiger partial charge in [0.25, 0.3) is 0 Å². The second kappa shape index (κ2) is 18.5. The van der Waals surface area contributed by atoms with E-state index < -0.39 is 12.2 Å². The molecule has 4 unspecified atom stereocenters. The van der Waals surface area contributed by atoms with Gasteiger partial charge in [-0.2, -0.15) is 0 Å². The minimum absolute atomic E-state index is 0.293. The fourth-order valence-corrected chi connectivity index (χ4v) is 5.79. The fraction of sp³-hybridized carbons (Fsp3) is 1.00. The zero-order chi connectivity index (χ0) is 22.0. The van der Waals surface area contributed by atoms with E-state index in [2.05, 4.69) is 20.8 Å². The molecule has 0 aromatic carbocycles. The first-order valence-corrected chi connectivity index (χ1v) is 14.0. The van der Waals surface area contributed by atoms with Gasteiger partial charge in [0.15, 0.2) is 0 Å². The van der Waals surface area contributed by atoms with Crippen LogP contribution in [0.4, 0.5) is 0 Å². The Bertz CT molecular complexity index is 364. The number of aliphatic hydroxyl groups excluding tert-OH is 2. The molecule has 180 valence electrons. The molecule has 0 spiro atoms. The first kappa shape index (κ1) is 28.0. The van der Waals surface area contributed by atoms with Crippen molar-refractivity contribution >= 4 is 0 Å². The Morgan fingerprint density at radius 3 is 1.83 bits per heavy atom. The Labute approximate surface area is 189 Å². The first-order valence-electron chi connectivity index (χ1n) is 14.0. The lowest BCUT2D eigenvalue weighted by Gasteiger charge is -2.36. The number of hydrogen-bond donors (Lipinski definition) is 2. The third kappa shape index (κ3) is 12.1. The molecule has 0 aromatic heterocycles. The van der Waals surface area contributed by atoms with E-state index in [9.17, 15) is 10.2 Å². The van der Waals surface area contributed by atoms with Crippen molar-refractivity contribution in [3.05, 3.63) is 0 Å². The molecule has 1 saturated carbocycles. The molecule has 2 heteroatoms. The third-order valence-corrected chi connectivity index (χ3v) is 7.70. The molecule has 0 aromatic rings. The van der Waals surface area contributed by atoms with Crippen LogP contribution in [0, 0.1) is 17.8 Å². The summed E-state index contributed by atoms with van der Waals surface area (Å²) in [5, 5.41) is 21.9. The first-order chi connectivity index (χ1) is 14.6. The van der Waals surface area contributed by atoms with E-state index in [0.717, 1.165) is 25.2 Å². The van der Waals surface area contributed by atoms with Crippen LogP contribution in [0.3, 0.4) is 0 Å². The van der Waals surface area contributed by atoms with Gasteiger partial charge in [0, 0.05) is 0 Å². The van der Waals surface area contributed by atoms with Gasteiger partial charge in [0.05, 0.1) is 12.2 Å². The molecule has 1 aliphatic rings. The van der Waals surface area contributed by atoms with Crippen molar-refractivity contribution in [3.63, 3.8) is 0 Å². The van der Waals surface area contributed by atoms with Crippen molar-refractivity contribution < 1.29 is 10.2 Å². The second-order valence-electron chi connectivity index (χ2n) is 10.4. The minimum Gasteiger partial charge on any atom is -0.390 e. The highest BCUT2D eigenvalue weighted by Gasteiger charge is 2.33. The molecule has 0 amide bonds. The SMILES string of the molecule is CCCCCCCCC(C(CCCCCC)CC1CCCCC1)C(O)C(O)CCC. The molecule has 30 heavy (non-hydrogen) atoms. The summed E-state index contributed by atoms with van der Waals surface area (Å²) in [6.45, 7) is 6.67. The van der Waals surface area contributed by atoms with E-state index in [1.165, 1.54) is 109 Å². The Morgan fingerprint density at radius 1 is 0.633 bits per heavy atom. The van der Waals surface area contributed by atoms with Gasteiger partial charge in [0.1, 0.15) is 0 Å². The highest BCUT2D eigenvalue weighted by Crippen LogP contribution is 2.38. The average molecular weight is 425 g/mol. The van der Waals surface area contributed by atoms with Crippen molar-refractivity contribution in [1.29, 1.82) is 0 Å². The highest BCUT2D eigenvalue weighted by molar-refractivity contribution is 4.84. The van der Waals surface area contributed by atoms with E-state index in [4.69, 9.17) is 0 Å². The minimum atomic E-state index is -0.537. The smallest absolute Gasteiger partial charge is 0.0829 e. The molecule has 0 heterocycles. The molecule has 1 aliphatic carbocycles. The van der Waals surface area contributed by atoms with Gasteiger partial charge in [-0.05, 0) is 37.0 Å². The molecular formula is C28H56O2. The van der Waals surface area contributed by atoms with Crippen LogP contribution in [-0.2, 0) is 0 Å². The molecule has 1 fully saturated rings. The summed E-state index contributed by atoms with van der Waals surface area (Å²) < 4.78 is 0. The highest BCUT2D eigenvalue weighted by atomic mass is 16.3. The average Bonchev–Trinajstić information content (AvgIpc) is 2.76. The van der Waals surface area contributed by atoms with Crippen LogP contribution in [0.25, 0.3) is 0 Å². The fourth-order valence-electron chi connectivity index (χ4n) is 5.79. The van der Waals surface area contributed by atoms with Gasteiger partial charge >= 0.3 is 0 Å². The van der Waals surface area contributed by atoms with Gasteiger partial charge in [0.2, 0.25) is 0 Å². The maximum absolute atomic E-state index is 11.2. The standard InChI is InChI=1S/C28H56O2/c1-4-7-9-11-12-17-22-26(28(30)27(29)18-6-3)25(21-16-10-8-5-2)23-24-19-14-13-15-20-24/h24-30H,4-23H2,1-3H3. The summed E-state index contributed by atoms with van der Waals surface area (Å²) in [7, 11) is 0. The van der Waals surface area contributed by atoms with Crippen LogP contribution in [0.15, 0.2) is 0 Å². The molecule has 0 saturated heterocycles. The summed E-state index contributed by atoms with van der Waals surface area (Å²) in [5.41, 5.74) is 0. The van der Waals surface area contributed by atoms with Crippen molar-refractivity contribution in [2.24, 2.45) is 17.8 Å². The zero-order valence-corrected chi connectivity index (χ0v) is 20.9. The summed E-state index contributed by atoms with van der Waals surface area (Å²) in [6, 6.07) is 0. The van der Waals surface area contributed by atoms with Crippen molar-refractivity contribution in [2.45, 2.75) is 161 Å². The number of aliphatic hydroxyl groups is 2. The zero-order valence-electron chi connectivity index (χ0n) is 20.9. The maximum atomic E-state index is 11.2. The van der Waals surface area contributed by atoms with Gasteiger partial charge in [-0.1, -0.05) is 130 Å². The maximum Gasteiger partial charge on any atom is 0.0829 e. The normalized spacial score (nSPS) is 19.5. The molecule has 0 radical (unpaired) electrons. The molecule has 4 atom stereocenters.